The first kappa shape index (κ1) is 18.4. The number of hydrogen-bond acceptors (Lipinski definition) is 4. The molecule has 0 spiro atoms. The lowest BCUT2D eigenvalue weighted by atomic mass is 10.1. The van der Waals surface area contributed by atoms with Crippen molar-refractivity contribution in [1.29, 1.82) is 0 Å². The summed E-state index contributed by atoms with van der Waals surface area (Å²) in [6, 6.07) is 7.95. The summed E-state index contributed by atoms with van der Waals surface area (Å²) in [4.78, 5) is 10.1. The van der Waals surface area contributed by atoms with Crippen molar-refractivity contribution in [3.63, 3.8) is 0 Å². The number of hydrogen-bond donors (Lipinski definition) is 1. The van der Waals surface area contributed by atoms with Gasteiger partial charge in [-0.1, -0.05) is 6.07 Å². The molecule has 4 aromatic rings. The van der Waals surface area contributed by atoms with Crippen LogP contribution in [0, 0.1) is 5.82 Å². The lowest BCUT2D eigenvalue weighted by Crippen LogP contribution is -2.16. The average molecular weight is 413 g/mol. The van der Waals surface area contributed by atoms with E-state index in [9.17, 15) is 17.6 Å². The van der Waals surface area contributed by atoms with E-state index >= 15 is 0 Å². The number of nitrogens with two attached hydrogens (primary N) is 1. The topological polar surface area (TPSA) is 59.4 Å². The van der Waals surface area contributed by atoms with E-state index in [0.717, 1.165) is 29.3 Å². The third-order valence-electron chi connectivity index (χ3n) is 5.29. The minimum absolute atomic E-state index is 0.0859. The van der Waals surface area contributed by atoms with E-state index in [4.69, 9.17) is 5.73 Å². The number of anilines is 3. The number of halogens is 4. The molecule has 2 aromatic heterocycles. The van der Waals surface area contributed by atoms with Crippen LogP contribution in [0.1, 0.15) is 11.1 Å². The quantitative estimate of drug-likeness (QED) is 0.478. The maximum atomic E-state index is 14.4. The number of alkyl halides is 3. The molecule has 0 radical (unpaired) electrons. The normalized spacial score (nSPS) is 13.8. The summed E-state index contributed by atoms with van der Waals surface area (Å²) in [5.41, 5.74) is 8.75. The number of nitrogen functional groups attached to an aromatic ring is 1. The van der Waals surface area contributed by atoms with Crippen LogP contribution in [0.15, 0.2) is 55.1 Å². The molecule has 0 unspecified atom stereocenters. The highest BCUT2D eigenvalue weighted by Gasteiger charge is 2.33. The van der Waals surface area contributed by atoms with Gasteiger partial charge in [-0.3, -0.25) is 0 Å². The van der Waals surface area contributed by atoms with Gasteiger partial charge >= 0.3 is 6.18 Å². The molecule has 1 aliphatic rings. The Balaban J connectivity index is 1.57. The molecule has 0 saturated heterocycles. The summed E-state index contributed by atoms with van der Waals surface area (Å²) in [6.45, 7) is 0.380. The minimum atomic E-state index is -4.54. The van der Waals surface area contributed by atoms with E-state index in [-0.39, 0.29) is 5.69 Å². The molecule has 5 nitrogen and oxygen atoms in total. The summed E-state index contributed by atoms with van der Waals surface area (Å²) in [6.07, 6.45) is 0.995. The Hall–Kier alpha value is -3.62. The van der Waals surface area contributed by atoms with Gasteiger partial charge in [0.1, 0.15) is 23.5 Å². The zero-order valence-corrected chi connectivity index (χ0v) is 15.5. The van der Waals surface area contributed by atoms with Crippen LogP contribution in [0.25, 0.3) is 16.8 Å². The number of nitrogens with zero attached hydrogens (tertiary/aromatic N) is 4. The van der Waals surface area contributed by atoms with Gasteiger partial charge < -0.3 is 15.0 Å². The van der Waals surface area contributed by atoms with Crippen LogP contribution >= 0.6 is 0 Å². The molecule has 0 fully saturated rings. The van der Waals surface area contributed by atoms with Gasteiger partial charge in [0.2, 0.25) is 0 Å². The second-order valence-corrected chi connectivity index (χ2v) is 7.07. The monoisotopic (exact) mass is 413 g/mol. The Morgan fingerprint density at radius 2 is 1.83 bits per heavy atom. The molecule has 0 aliphatic carbocycles. The van der Waals surface area contributed by atoms with Crippen LogP contribution < -0.4 is 10.6 Å². The maximum absolute atomic E-state index is 14.4. The molecule has 30 heavy (non-hydrogen) atoms. The van der Waals surface area contributed by atoms with Crippen molar-refractivity contribution in [3.8, 4) is 11.3 Å². The lowest BCUT2D eigenvalue weighted by Gasteiger charge is -2.21. The van der Waals surface area contributed by atoms with Gasteiger partial charge in [-0.05, 0) is 42.3 Å². The molecular formula is C21H15F4N5. The van der Waals surface area contributed by atoms with Gasteiger partial charge in [-0.2, -0.15) is 13.2 Å². The zero-order valence-electron chi connectivity index (χ0n) is 15.5. The molecule has 0 atom stereocenters. The molecule has 0 bridgehead atoms. The molecule has 5 rings (SSSR count). The summed E-state index contributed by atoms with van der Waals surface area (Å²) < 4.78 is 55.4. The summed E-state index contributed by atoms with van der Waals surface area (Å²) in [5, 5.41) is 0. The number of benzene rings is 2. The smallest absolute Gasteiger partial charge is 0.382 e. The van der Waals surface area contributed by atoms with E-state index < -0.39 is 17.6 Å². The van der Waals surface area contributed by atoms with Crippen LogP contribution in [-0.2, 0) is 12.6 Å². The molecule has 9 heteroatoms. The van der Waals surface area contributed by atoms with E-state index in [0.29, 0.717) is 35.7 Å². The van der Waals surface area contributed by atoms with Crippen molar-refractivity contribution in [1.82, 2.24) is 14.4 Å². The fourth-order valence-corrected chi connectivity index (χ4v) is 3.88. The van der Waals surface area contributed by atoms with Crippen molar-refractivity contribution in [2.24, 2.45) is 0 Å². The molecule has 2 N–H and O–H groups in total. The van der Waals surface area contributed by atoms with Gasteiger partial charge in [-0.15, -0.1) is 0 Å². The van der Waals surface area contributed by atoms with Crippen molar-refractivity contribution in [2.45, 2.75) is 12.6 Å². The second kappa shape index (κ2) is 6.45. The lowest BCUT2D eigenvalue weighted by molar-refractivity contribution is -0.137. The number of aromatic nitrogens is 3. The molecule has 2 aromatic carbocycles. The third-order valence-corrected chi connectivity index (χ3v) is 5.29. The van der Waals surface area contributed by atoms with E-state index in [1.165, 1.54) is 0 Å². The van der Waals surface area contributed by atoms with Crippen LogP contribution in [0.5, 0.6) is 0 Å². The first-order chi connectivity index (χ1) is 14.3. The van der Waals surface area contributed by atoms with E-state index in [1.54, 1.807) is 40.2 Å². The van der Waals surface area contributed by atoms with Gasteiger partial charge in [0.15, 0.2) is 0 Å². The van der Waals surface area contributed by atoms with Crippen molar-refractivity contribution >= 4 is 22.7 Å². The molecule has 1 aliphatic heterocycles. The van der Waals surface area contributed by atoms with Crippen molar-refractivity contribution in [2.75, 3.05) is 17.2 Å². The van der Waals surface area contributed by atoms with Gasteiger partial charge in [0.05, 0.1) is 16.9 Å². The van der Waals surface area contributed by atoms with Crippen LogP contribution in [0.2, 0.25) is 0 Å². The summed E-state index contributed by atoms with van der Waals surface area (Å²) in [7, 11) is 0. The Bertz CT molecular complexity index is 1280. The Morgan fingerprint density at radius 1 is 1.00 bits per heavy atom. The number of fused-ring (bicyclic) bond motifs is 2. The average Bonchev–Trinajstić information content (AvgIpc) is 3.32. The van der Waals surface area contributed by atoms with Gasteiger partial charge in [0.25, 0.3) is 0 Å². The molecule has 152 valence electrons. The Kier molecular flexibility index (Phi) is 3.96. The maximum Gasteiger partial charge on any atom is 0.416 e. The highest BCUT2D eigenvalue weighted by Crippen LogP contribution is 2.40. The SMILES string of the molecule is Nc1nccn2cnc(-c3ccc4c(c3)CCN4c3cc(C(F)(F)F)ccc3F)c12. The van der Waals surface area contributed by atoms with Crippen LogP contribution in [-0.4, -0.2) is 20.9 Å². The second-order valence-electron chi connectivity index (χ2n) is 7.07. The van der Waals surface area contributed by atoms with Gasteiger partial charge in [-0.25, -0.2) is 14.4 Å². The fourth-order valence-electron chi connectivity index (χ4n) is 3.88. The molecule has 0 saturated carbocycles. The van der Waals surface area contributed by atoms with Crippen molar-refractivity contribution in [3.05, 3.63) is 72.1 Å². The first-order valence-corrected chi connectivity index (χ1v) is 9.17. The van der Waals surface area contributed by atoms with Crippen molar-refractivity contribution < 1.29 is 17.6 Å². The summed E-state index contributed by atoms with van der Waals surface area (Å²) >= 11 is 0. The summed E-state index contributed by atoms with van der Waals surface area (Å²) in [5.74, 6) is -0.350. The first-order valence-electron chi connectivity index (χ1n) is 9.17. The fraction of sp³-hybridized carbons (Fsp3) is 0.143. The largest absolute Gasteiger partial charge is 0.416 e. The van der Waals surface area contributed by atoms with Crippen LogP contribution in [0.4, 0.5) is 34.8 Å². The minimum Gasteiger partial charge on any atom is -0.382 e. The molecular weight excluding hydrogens is 398 g/mol. The Labute approximate surface area is 168 Å². The molecule has 3 heterocycles. The van der Waals surface area contributed by atoms with Gasteiger partial charge in [0, 0.05) is 30.2 Å². The zero-order chi connectivity index (χ0) is 21.0. The van der Waals surface area contributed by atoms with Crippen LogP contribution in [0.3, 0.4) is 0 Å². The third kappa shape index (κ3) is 2.85. The highest BCUT2D eigenvalue weighted by atomic mass is 19.4. The highest BCUT2D eigenvalue weighted by molar-refractivity contribution is 5.86. The predicted octanol–water partition coefficient (Wildman–Crippen LogP) is 4.83. The standard InChI is InChI=1S/C21H15F4N5/c22-15-3-2-14(21(23,24)25)10-17(15)30-7-5-12-9-13(1-4-16(12)30)18-19-20(26)27-6-8-29(19)11-28-18/h1-4,6,8-11H,5,7H2,(H2,26,27). The van der Waals surface area contributed by atoms with E-state index in [1.807, 2.05) is 6.07 Å². The predicted molar refractivity (Wildman–Crippen MR) is 105 cm³/mol. The molecule has 0 amide bonds. The van der Waals surface area contributed by atoms with E-state index in [2.05, 4.69) is 9.97 Å². The number of imidazole rings is 1. The number of rotatable bonds is 2. The Morgan fingerprint density at radius 3 is 2.63 bits per heavy atom.